The normalized spacial score (nSPS) is 30.0. The van der Waals surface area contributed by atoms with Crippen LogP contribution in [-0.4, -0.2) is 65.8 Å². The van der Waals surface area contributed by atoms with Crippen LogP contribution in [0.2, 0.25) is 0 Å². The van der Waals surface area contributed by atoms with Crippen molar-refractivity contribution in [3.63, 3.8) is 0 Å². The zero-order valence-electron chi connectivity index (χ0n) is 15.1. The van der Waals surface area contributed by atoms with Gasteiger partial charge in [-0.1, -0.05) is 30.3 Å². The average molecular weight is 374 g/mol. The third kappa shape index (κ3) is 3.77. The lowest BCUT2D eigenvalue weighted by Gasteiger charge is -2.46. The molecule has 6 heteroatoms. The van der Waals surface area contributed by atoms with E-state index in [1.54, 1.807) is 4.90 Å². The number of hydrogen-bond donors (Lipinski definition) is 1. The Morgan fingerprint density at radius 2 is 1.92 bits per heavy atom. The van der Waals surface area contributed by atoms with Crippen LogP contribution in [-0.2, 0) is 16.0 Å². The lowest BCUT2D eigenvalue weighted by atomic mass is 9.79. The standard InChI is InChI=1S/C20H27N3O2S/c24-19-17-14-16(22-10-12-25-13-11-22)6-7-18(17)21-20(26)23(19)9-8-15-4-2-1-3-5-15/h1-5,16-18H,6-14H2,(H,21,26). The average Bonchev–Trinajstić information content (AvgIpc) is 2.69. The molecule has 0 radical (unpaired) electrons. The van der Waals surface area contributed by atoms with Gasteiger partial charge in [0.2, 0.25) is 5.91 Å². The van der Waals surface area contributed by atoms with Gasteiger partial charge in [-0.2, -0.15) is 0 Å². The molecule has 1 amide bonds. The molecule has 3 aliphatic rings. The van der Waals surface area contributed by atoms with Crippen LogP contribution < -0.4 is 5.32 Å². The highest BCUT2D eigenvalue weighted by Crippen LogP contribution is 2.32. The molecule has 26 heavy (non-hydrogen) atoms. The van der Waals surface area contributed by atoms with Crippen molar-refractivity contribution in [2.75, 3.05) is 32.8 Å². The van der Waals surface area contributed by atoms with Crippen LogP contribution in [0.5, 0.6) is 0 Å². The second kappa shape index (κ2) is 8.03. The number of morpholine rings is 1. The zero-order valence-corrected chi connectivity index (χ0v) is 15.9. The first-order valence-electron chi connectivity index (χ1n) is 9.70. The number of carbonyl (C=O) groups excluding carboxylic acids is 1. The van der Waals surface area contributed by atoms with Crippen LogP contribution in [0, 0.1) is 5.92 Å². The van der Waals surface area contributed by atoms with E-state index in [-0.39, 0.29) is 17.9 Å². The van der Waals surface area contributed by atoms with Crippen molar-refractivity contribution < 1.29 is 9.53 Å². The predicted octanol–water partition coefficient (Wildman–Crippen LogP) is 1.82. The van der Waals surface area contributed by atoms with Crippen LogP contribution in [0.25, 0.3) is 0 Å². The Bertz CT molecular complexity index is 648. The fourth-order valence-electron chi connectivity index (χ4n) is 4.50. The smallest absolute Gasteiger partial charge is 0.233 e. The molecule has 1 aromatic carbocycles. The SMILES string of the molecule is O=C1C2CC(N3CCOCC3)CCC2NC(=S)N1CCc1ccccc1. The summed E-state index contributed by atoms with van der Waals surface area (Å²) in [5.41, 5.74) is 1.24. The molecular weight excluding hydrogens is 346 g/mol. The molecule has 2 saturated heterocycles. The number of hydrogen-bond acceptors (Lipinski definition) is 4. The number of amides is 1. The van der Waals surface area contributed by atoms with Gasteiger partial charge in [0.05, 0.1) is 19.1 Å². The highest BCUT2D eigenvalue weighted by atomic mass is 32.1. The summed E-state index contributed by atoms with van der Waals surface area (Å²) in [5.74, 6) is 0.256. The van der Waals surface area contributed by atoms with Gasteiger partial charge in [0.1, 0.15) is 0 Å². The van der Waals surface area contributed by atoms with E-state index >= 15 is 0 Å². The summed E-state index contributed by atoms with van der Waals surface area (Å²) in [5, 5.41) is 4.06. The molecule has 2 heterocycles. The van der Waals surface area contributed by atoms with E-state index in [2.05, 4.69) is 22.3 Å². The number of ether oxygens (including phenoxy) is 1. The van der Waals surface area contributed by atoms with Crippen molar-refractivity contribution in [3.05, 3.63) is 35.9 Å². The Balaban J connectivity index is 1.40. The Kier molecular flexibility index (Phi) is 5.52. The quantitative estimate of drug-likeness (QED) is 0.816. The largest absolute Gasteiger partial charge is 0.379 e. The Hall–Kier alpha value is -1.50. The molecule has 1 N–H and O–H groups in total. The molecule has 5 nitrogen and oxygen atoms in total. The first kappa shape index (κ1) is 17.9. The summed E-state index contributed by atoms with van der Waals surface area (Å²) in [6.45, 7) is 4.24. The summed E-state index contributed by atoms with van der Waals surface area (Å²) in [7, 11) is 0. The maximum absolute atomic E-state index is 13.2. The Morgan fingerprint density at radius 1 is 1.15 bits per heavy atom. The summed E-state index contributed by atoms with van der Waals surface area (Å²) in [6.07, 6.45) is 3.92. The number of fused-ring (bicyclic) bond motifs is 1. The minimum absolute atomic E-state index is 0.0408. The van der Waals surface area contributed by atoms with Crippen molar-refractivity contribution in [1.29, 1.82) is 0 Å². The zero-order chi connectivity index (χ0) is 17.9. The number of carbonyl (C=O) groups is 1. The molecule has 1 aliphatic carbocycles. The van der Waals surface area contributed by atoms with Crippen LogP contribution >= 0.6 is 12.2 Å². The van der Waals surface area contributed by atoms with Crippen molar-refractivity contribution in [1.82, 2.24) is 15.1 Å². The van der Waals surface area contributed by atoms with E-state index in [1.165, 1.54) is 5.56 Å². The number of nitrogens with zero attached hydrogens (tertiary/aromatic N) is 2. The summed E-state index contributed by atoms with van der Waals surface area (Å²) >= 11 is 5.51. The molecule has 1 aromatic rings. The van der Waals surface area contributed by atoms with E-state index < -0.39 is 0 Å². The third-order valence-electron chi connectivity index (χ3n) is 5.99. The lowest BCUT2D eigenvalue weighted by Crippen LogP contribution is -2.63. The van der Waals surface area contributed by atoms with Crippen molar-refractivity contribution >= 4 is 23.2 Å². The van der Waals surface area contributed by atoms with Crippen LogP contribution in [0.3, 0.4) is 0 Å². The molecule has 0 spiro atoms. The summed E-state index contributed by atoms with van der Waals surface area (Å²) < 4.78 is 5.48. The van der Waals surface area contributed by atoms with Crippen LogP contribution in [0.4, 0.5) is 0 Å². The topological polar surface area (TPSA) is 44.8 Å². The summed E-state index contributed by atoms with van der Waals surface area (Å²) in [6, 6.07) is 11.0. The second-order valence-electron chi connectivity index (χ2n) is 7.50. The molecule has 3 unspecified atom stereocenters. The minimum atomic E-state index is 0.0408. The van der Waals surface area contributed by atoms with Crippen molar-refractivity contribution in [2.45, 2.75) is 37.8 Å². The fraction of sp³-hybridized carbons (Fsp3) is 0.600. The Labute approximate surface area is 160 Å². The molecule has 3 atom stereocenters. The van der Waals surface area contributed by atoms with Gasteiger partial charge in [0, 0.05) is 31.7 Å². The number of thiocarbonyl (C=S) groups is 1. The molecular formula is C20H27N3O2S. The first-order valence-corrected chi connectivity index (χ1v) is 10.1. The minimum Gasteiger partial charge on any atom is -0.379 e. The fourth-order valence-corrected chi connectivity index (χ4v) is 4.84. The molecule has 0 aromatic heterocycles. The van der Waals surface area contributed by atoms with Crippen molar-refractivity contribution in [3.8, 4) is 0 Å². The molecule has 4 rings (SSSR count). The van der Waals surface area contributed by atoms with Crippen LogP contribution in [0.15, 0.2) is 30.3 Å². The number of benzene rings is 1. The van der Waals surface area contributed by atoms with Gasteiger partial charge in [0.15, 0.2) is 5.11 Å². The second-order valence-corrected chi connectivity index (χ2v) is 7.89. The monoisotopic (exact) mass is 373 g/mol. The summed E-state index contributed by atoms with van der Waals surface area (Å²) in [4.78, 5) is 17.5. The van der Waals surface area contributed by atoms with Gasteiger partial charge in [-0.3, -0.25) is 14.6 Å². The van der Waals surface area contributed by atoms with Gasteiger partial charge in [0.25, 0.3) is 0 Å². The highest BCUT2D eigenvalue weighted by Gasteiger charge is 2.43. The van der Waals surface area contributed by atoms with Crippen molar-refractivity contribution in [2.24, 2.45) is 5.92 Å². The van der Waals surface area contributed by atoms with Gasteiger partial charge < -0.3 is 10.1 Å². The molecule has 1 saturated carbocycles. The molecule has 2 aliphatic heterocycles. The van der Waals surface area contributed by atoms with E-state index in [0.29, 0.717) is 17.7 Å². The van der Waals surface area contributed by atoms with Gasteiger partial charge in [-0.05, 0) is 43.5 Å². The third-order valence-corrected chi connectivity index (χ3v) is 6.33. The van der Waals surface area contributed by atoms with E-state index in [1.807, 2.05) is 18.2 Å². The van der Waals surface area contributed by atoms with E-state index in [0.717, 1.165) is 52.0 Å². The maximum atomic E-state index is 13.2. The molecule has 0 bridgehead atoms. The van der Waals surface area contributed by atoms with E-state index in [9.17, 15) is 4.79 Å². The van der Waals surface area contributed by atoms with Crippen LogP contribution in [0.1, 0.15) is 24.8 Å². The van der Waals surface area contributed by atoms with Gasteiger partial charge in [-0.15, -0.1) is 0 Å². The Morgan fingerprint density at radius 3 is 2.69 bits per heavy atom. The van der Waals surface area contributed by atoms with Gasteiger partial charge in [-0.25, -0.2) is 0 Å². The maximum Gasteiger partial charge on any atom is 0.233 e. The lowest BCUT2D eigenvalue weighted by molar-refractivity contribution is -0.136. The molecule has 3 fully saturated rings. The van der Waals surface area contributed by atoms with E-state index in [4.69, 9.17) is 17.0 Å². The number of nitrogens with one attached hydrogen (secondary N) is 1. The predicted molar refractivity (Wildman–Crippen MR) is 105 cm³/mol. The molecule has 140 valence electrons. The van der Waals surface area contributed by atoms with Gasteiger partial charge >= 0.3 is 0 Å². The first-order chi connectivity index (χ1) is 12.7. The highest BCUT2D eigenvalue weighted by molar-refractivity contribution is 7.80. The number of rotatable bonds is 4.